The summed E-state index contributed by atoms with van der Waals surface area (Å²) < 4.78 is 11.8. The van der Waals surface area contributed by atoms with Gasteiger partial charge in [0.25, 0.3) is 0 Å². The van der Waals surface area contributed by atoms with Crippen LogP contribution in [0, 0.1) is 5.92 Å². The number of benzene rings is 2. The summed E-state index contributed by atoms with van der Waals surface area (Å²) in [7, 11) is 1.78. The molecule has 33 heavy (non-hydrogen) atoms. The number of nitrogens with one attached hydrogen (secondary N) is 2. The number of allylic oxidation sites excluding steroid dienone is 1. The van der Waals surface area contributed by atoms with E-state index < -0.39 is 0 Å². The Labute approximate surface area is 192 Å². The minimum absolute atomic E-state index is 0.0829. The number of imidazole rings is 1. The topological polar surface area (TPSA) is 88.6 Å². The number of fused-ring (bicyclic) bond motifs is 1. The highest BCUT2D eigenvalue weighted by atomic mass is 16.5. The van der Waals surface area contributed by atoms with E-state index in [1.54, 1.807) is 19.2 Å². The summed E-state index contributed by atoms with van der Waals surface area (Å²) in [6, 6.07) is 14.8. The molecule has 2 N–H and O–H groups in total. The fraction of sp³-hybridized carbons (Fsp3) is 0.346. The number of carbonyl (C=O) groups excluding carboxylic acids is 1. The number of H-pyrrole nitrogens is 1. The van der Waals surface area contributed by atoms with Gasteiger partial charge < -0.3 is 19.8 Å². The van der Waals surface area contributed by atoms with Crippen LogP contribution in [0.1, 0.15) is 48.8 Å². The van der Waals surface area contributed by atoms with Gasteiger partial charge in [0.1, 0.15) is 11.4 Å². The van der Waals surface area contributed by atoms with E-state index in [-0.39, 0.29) is 17.9 Å². The Bertz CT molecular complexity index is 1180. The van der Waals surface area contributed by atoms with Gasteiger partial charge in [-0.3, -0.25) is 9.79 Å². The van der Waals surface area contributed by atoms with Crippen LogP contribution in [0.15, 0.2) is 65.1 Å². The van der Waals surface area contributed by atoms with Crippen molar-refractivity contribution in [3.8, 4) is 5.75 Å². The largest absolute Gasteiger partial charge is 0.439 e. The van der Waals surface area contributed by atoms with E-state index >= 15 is 0 Å². The average molecular weight is 445 g/mol. The number of hydrogen-bond acceptors (Lipinski definition) is 6. The van der Waals surface area contributed by atoms with Gasteiger partial charge in [-0.15, -0.1) is 0 Å². The molecule has 1 unspecified atom stereocenters. The lowest BCUT2D eigenvalue weighted by Crippen LogP contribution is -2.36. The standard InChI is InChI=1S/C26H28N4O3/c1-16-15-27-23(18-6-5-7-20(14-18)32-2)26(28-16)33-19-12-10-17(11-13-19)24(31)25-29-21-8-3-4-9-22(21)30-25/h3-4,8-13,15-16,18,20,28H,5-7,14H2,1-2H3,(H,29,30)/t16?,18-,20-/m0/s1. The highest BCUT2D eigenvalue weighted by molar-refractivity contribution is 6.08. The summed E-state index contributed by atoms with van der Waals surface area (Å²) in [6.07, 6.45) is 6.40. The third kappa shape index (κ3) is 4.54. The Balaban J connectivity index is 1.35. The van der Waals surface area contributed by atoms with E-state index in [2.05, 4.69) is 15.3 Å². The van der Waals surface area contributed by atoms with Crippen molar-refractivity contribution in [2.45, 2.75) is 44.8 Å². The molecule has 3 aromatic rings. The predicted octanol–water partition coefficient (Wildman–Crippen LogP) is 4.61. The molecule has 0 saturated heterocycles. The molecule has 1 aromatic heterocycles. The number of ketones is 1. The van der Waals surface area contributed by atoms with Crippen molar-refractivity contribution in [2.75, 3.05) is 7.11 Å². The highest BCUT2D eigenvalue weighted by Gasteiger charge is 2.29. The molecule has 0 radical (unpaired) electrons. The zero-order valence-corrected chi connectivity index (χ0v) is 18.9. The van der Waals surface area contributed by atoms with E-state index in [1.807, 2.05) is 49.5 Å². The van der Waals surface area contributed by atoms with Crippen LogP contribution in [0.3, 0.4) is 0 Å². The van der Waals surface area contributed by atoms with Crippen molar-refractivity contribution >= 4 is 23.0 Å². The number of carbonyl (C=O) groups is 1. The van der Waals surface area contributed by atoms with Crippen LogP contribution in [0.2, 0.25) is 0 Å². The zero-order chi connectivity index (χ0) is 22.8. The summed E-state index contributed by atoms with van der Waals surface area (Å²) in [5.74, 6) is 1.81. The van der Waals surface area contributed by atoms with Crippen molar-refractivity contribution in [3.63, 3.8) is 0 Å². The van der Waals surface area contributed by atoms with E-state index in [1.165, 1.54) is 0 Å². The first-order valence-electron chi connectivity index (χ1n) is 11.5. The van der Waals surface area contributed by atoms with Crippen LogP contribution < -0.4 is 10.1 Å². The molecule has 3 atom stereocenters. The summed E-state index contributed by atoms with van der Waals surface area (Å²) in [5, 5.41) is 3.41. The highest BCUT2D eigenvalue weighted by Crippen LogP contribution is 2.34. The number of aromatic amines is 1. The van der Waals surface area contributed by atoms with Crippen LogP contribution in [-0.2, 0) is 4.74 Å². The quantitative estimate of drug-likeness (QED) is 0.542. The molecule has 0 amide bonds. The van der Waals surface area contributed by atoms with Crippen molar-refractivity contribution in [2.24, 2.45) is 10.9 Å². The number of rotatable bonds is 6. The number of methoxy groups -OCH3 is 1. The molecular weight excluding hydrogens is 416 g/mol. The number of para-hydroxylation sites is 2. The van der Waals surface area contributed by atoms with Gasteiger partial charge in [0.05, 0.1) is 23.2 Å². The third-order valence-corrected chi connectivity index (χ3v) is 6.32. The van der Waals surface area contributed by atoms with Crippen molar-refractivity contribution in [1.82, 2.24) is 15.3 Å². The molecule has 0 bridgehead atoms. The second-order valence-electron chi connectivity index (χ2n) is 8.70. The first-order valence-corrected chi connectivity index (χ1v) is 11.5. The van der Waals surface area contributed by atoms with Crippen LogP contribution in [-0.4, -0.2) is 41.2 Å². The van der Waals surface area contributed by atoms with Crippen molar-refractivity contribution in [3.05, 3.63) is 71.5 Å². The van der Waals surface area contributed by atoms with Gasteiger partial charge >= 0.3 is 0 Å². The molecule has 170 valence electrons. The van der Waals surface area contributed by atoms with E-state index in [0.717, 1.165) is 42.4 Å². The van der Waals surface area contributed by atoms with Gasteiger partial charge in [0, 0.05) is 24.8 Å². The Morgan fingerprint density at radius 3 is 2.70 bits per heavy atom. The fourth-order valence-corrected chi connectivity index (χ4v) is 4.54. The molecule has 2 aliphatic rings. The maximum absolute atomic E-state index is 12.9. The van der Waals surface area contributed by atoms with Crippen LogP contribution in [0.25, 0.3) is 11.0 Å². The molecule has 5 rings (SSSR count). The molecule has 1 aliphatic heterocycles. The minimum atomic E-state index is -0.153. The third-order valence-electron chi connectivity index (χ3n) is 6.32. The van der Waals surface area contributed by atoms with E-state index in [9.17, 15) is 4.79 Å². The molecule has 1 aliphatic carbocycles. The van der Waals surface area contributed by atoms with Crippen LogP contribution in [0.5, 0.6) is 5.75 Å². The molecule has 1 fully saturated rings. The lowest BCUT2D eigenvalue weighted by atomic mass is 9.84. The minimum Gasteiger partial charge on any atom is -0.439 e. The Morgan fingerprint density at radius 1 is 1.09 bits per heavy atom. The van der Waals surface area contributed by atoms with E-state index in [0.29, 0.717) is 28.9 Å². The zero-order valence-electron chi connectivity index (χ0n) is 18.9. The molecule has 7 heteroatoms. The maximum atomic E-state index is 12.9. The SMILES string of the molecule is CO[C@H]1CCC[C@H](C2=C(Oc3ccc(C(=O)c4nc5ccccc5[nH]4)cc3)NC(C)C=N2)C1. The summed E-state index contributed by atoms with van der Waals surface area (Å²) in [6.45, 7) is 2.04. The van der Waals surface area contributed by atoms with Gasteiger partial charge in [-0.1, -0.05) is 18.6 Å². The van der Waals surface area contributed by atoms with Gasteiger partial charge in [0.15, 0.2) is 5.82 Å². The molecular formula is C26H28N4O3. The number of aromatic nitrogens is 2. The van der Waals surface area contributed by atoms with Crippen LogP contribution >= 0.6 is 0 Å². The predicted molar refractivity (Wildman–Crippen MR) is 127 cm³/mol. The summed E-state index contributed by atoms with van der Waals surface area (Å²) >= 11 is 0. The second kappa shape index (κ2) is 9.19. The molecule has 2 aromatic carbocycles. The lowest BCUT2D eigenvalue weighted by molar-refractivity contribution is 0.0560. The number of ether oxygens (including phenoxy) is 2. The summed E-state index contributed by atoms with van der Waals surface area (Å²) in [4.78, 5) is 25.1. The van der Waals surface area contributed by atoms with Gasteiger partial charge in [-0.25, -0.2) is 4.98 Å². The Hall–Kier alpha value is -3.45. The van der Waals surface area contributed by atoms with Crippen LogP contribution in [0.4, 0.5) is 0 Å². The summed E-state index contributed by atoms with van der Waals surface area (Å²) in [5.41, 5.74) is 3.11. The average Bonchev–Trinajstić information content (AvgIpc) is 3.29. The van der Waals surface area contributed by atoms with Crippen molar-refractivity contribution < 1.29 is 14.3 Å². The van der Waals surface area contributed by atoms with Gasteiger partial charge in [-0.2, -0.15) is 0 Å². The fourth-order valence-electron chi connectivity index (χ4n) is 4.54. The van der Waals surface area contributed by atoms with Gasteiger partial charge in [-0.05, 0) is 62.6 Å². The monoisotopic (exact) mass is 444 g/mol. The molecule has 0 spiro atoms. The first-order chi connectivity index (χ1) is 16.1. The van der Waals surface area contributed by atoms with Gasteiger partial charge in [0.2, 0.25) is 11.7 Å². The second-order valence-corrected chi connectivity index (χ2v) is 8.70. The first kappa shape index (κ1) is 21.4. The lowest BCUT2D eigenvalue weighted by Gasteiger charge is -2.31. The normalized spacial score (nSPS) is 22.9. The number of hydrogen-bond donors (Lipinski definition) is 2. The smallest absolute Gasteiger partial charge is 0.228 e. The molecule has 2 heterocycles. The number of nitrogens with zero attached hydrogens (tertiary/aromatic N) is 2. The van der Waals surface area contributed by atoms with Crippen molar-refractivity contribution in [1.29, 1.82) is 0 Å². The maximum Gasteiger partial charge on any atom is 0.228 e. The Kier molecular flexibility index (Phi) is 5.96. The van der Waals surface area contributed by atoms with E-state index in [4.69, 9.17) is 14.5 Å². The Morgan fingerprint density at radius 2 is 1.91 bits per heavy atom. The molecule has 1 saturated carbocycles. The number of aliphatic imine (C=N–C) groups is 1. The molecule has 7 nitrogen and oxygen atoms in total.